The molecule has 4 bridgehead atoms. The molecule has 0 unspecified atom stereocenters. The minimum atomic E-state index is -0.688. The van der Waals surface area contributed by atoms with E-state index in [1.165, 1.54) is 38.5 Å². The number of halogens is 1. The normalized spacial score (nSPS) is 28.7. The van der Waals surface area contributed by atoms with E-state index < -0.39 is 30.3 Å². The fourth-order valence-corrected chi connectivity index (χ4v) is 5.88. The zero-order chi connectivity index (χ0) is 21.3. The lowest BCUT2D eigenvalue weighted by Gasteiger charge is -2.56. The van der Waals surface area contributed by atoms with Crippen molar-refractivity contribution in [1.29, 1.82) is 0 Å². The summed E-state index contributed by atoms with van der Waals surface area (Å²) in [6.45, 7) is -0.564. The van der Waals surface area contributed by atoms with Crippen LogP contribution in [0, 0.1) is 23.6 Å². The zero-order valence-electron chi connectivity index (χ0n) is 17.0. The van der Waals surface area contributed by atoms with Gasteiger partial charge in [0.25, 0.3) is 5.91 Å². The van der Waals surface area contributed by atoms with Gasteiger partial charge < -0.3 is 14.8 Å². The number of carbonyl (C=O) groups excluding carboxylic acids is 3. The maximum atomic E-state index is 13.7. The third kappa shape index (κ3) is 4.57. The molecule has 0 radical (unpaired) electrons. The summed E-state index contributed by atoms with van der Waals surface area (Å²) in [7, 11) is 1.35. The van der Waals surface area contributed by atoms with E-state index >= 15 is 0 Å². The van der Waals surface area contributed by atoms with Crippen molar-refractivity contribution in [1.82, 2.24) is 10.6 Å². The van der Waals surface area contributed by atoms with Crippen LogP contribution < -0.4 is 15.4 Å². The zero-order valence-corrected chi connectivity index (χ0v) is 17.0. The van der Waals surface area contributed by atoms with E-state index in [1.54, 1.807) is 6.07 Å². The molecule has 0 saturated heterocycles. The number of urea groups is 1. The molecule has 5 rings (SSSR count). The quantitative estimate of drug-likeness (QED) is 0.693. The largest absolute Gasteiger partial charge is 0.494 e. The van der Waals surface area contributed by atoms with Gasteiger partial charge in [0.05, 0.1) is 13.5 Å². The van der Waals surface area contributed by atoms with Crippen LogP contribution in [-0.4, -0.2) is 37.2 Å². The van der Waals surface area contributed by atoms with Gasteiger partial charge in [-0.25, -0.2) is 9.18 Å². The summed E-state index contributed by atoms with van der Waals surface area (Å²) in [6.07, 6.45) is 6.53. The molecule has 30 heavy (non-hydrogen) atoms. The van der Waals surface area contributed by atoms with Crippen LogP contribution in [0.25, 0.3) is 0 Å². The highest BCUT2D eigenvalue weighted by Gasteiger charge is 2.51. The van der Waals surface area contributed by atoms with Gasteiger partial charge in [-0.3, -0.25) is 14.9 Å². The number of esters is 1. The first kappa shape index (κ1) is 20.6. The predicted octanol–water partition coefficient (Wildman–Crippen LogP) is 2.71. The minimum Gasteiger partial charge on any atom is -0.494 e. The number of benzene rings is 1. The average Bonchev–Trinajstić information content (AvgIpc) is 2.65. The molecule has 8 heteroatoms. The second kappa shape index (κ2) is 8.24. The molecular formula is C22H27FN2O5. The first-order chi connectivity index (χ1) is 14.3. The van der Waals surface area contributed by atoms with E-state index in [9.17, 15) is 18.8 Å². The number of hydrogen-bond acceptors (Lipinski definition) is 5. The molecule has 0 spiro atoms. The van der Waals surface area contributed by atoms with E-state index in [0.29, 0.717) is 23.3 Å². The summed E-state index contributed by atoms with van der Waals surface area (Å²) in [5.74, 6) is 0.157. The van der Waals surface area contributed by atoms with Crippen molar-refractivity contribution in [3.05, 3.63) is 29.6 Å². The molecule has 162 valence electrons. The summed E-state index contributed by atoms with van der Waals surface area (Å²) in [5.41, 5.74) is 0.201. The van der Waals surface area contributed by atoms with Crippen LogP contribution in [0.4, 0.5) is 9.18 Å². The van der Waals surface area contributed by atoms with Gasteiger partial charge in [0.2, 0.25) is 0 Å². The first-order valence-electron chi connectivity index (χ1n) is 10.4. The Kier molecular flexibility index (Phi) is 5.66. The van der Waals surface area contributed by atoms with Gasteiger partial charge in [-0.05, 0) is 74.0 Å². The highest BCUT2D eigenvalue weighted by atomic mass is 19.1. The Labute approximate surface area is 174 Å². The van der Waals surface area contributed by atoms with E-state index in [1.807, 2.05) is 0 Å². The van der Waals surface area contributed by atoms with E-state index in [-0.39, 0.29) is 17.7 Å². The number of carbonyl (C=O) groups is 3. The maximum Gasteiger partial charge on any atom is 0.321 e. The van der Waals surface area contributed by atoms with Gasteiger partial charge in [0, 0.05) is 5.54 Å². The molecule has 4 fully saturated rings. The molecule has 2 N–H and O–H groups in total. The molecule has 3 amide bonds. The summed E-state index contributed by atoms with van der Waals surface area (Å²) >= 11 is 0. The van der Waals surface area contributed by atoms with Crippen molar-refractivity contribution in [2.24, 2.45) is 17.8 Å². The van der Waals surface area contributed by atoms with Crippen LogP contribution in [0.15, 0.2) is 18.2 Å². The Balaban J connectivity index is 1.21. The number of ether oxygens (including phenoxy) is 2. The van der Waals surface area contributed by atoms with Crippen LogP contribution in [-0.2, 0) is 20.7 Å². The summed E-state index contributed by atoms with van der Waals surface area (Å²) < 4.78 is 23.4. The number of rotatable bonds is 6. The van der Waals surface area contributed by atoms with Gasteiger partial charge >= 0.3 is 12.0 Å². The molecule has 0 aliphatic heterocycles. The molecule has 1 aromatic carbocycles. The standard InChI is InChI=1S/C22H27FN2O5/c1-29-18-3-2-13(7-17(18)23)8-20(27)30-12-19(26)24-21(28)25-22-9-14-4-15(10-22)6-16(5-14)11-22/h2-3,7,14-16H,4-6,8-12H2,1H3,(H2,24,25,26,28). The SMILES string of the molecule is COc1ccc(CC(=O)OCC(=O)NC(=O)NC23CC4CC(CC(C4)C2)C3)cc1F. The molecule has 4 saturated carbocycles. The first-order valence-corrected chi connectivity index (χ1v) is 10.4. The number of imide groups is 1. The molecule has 1 aromatic rings. The molecule has 7 nitrogen and oxygen atoms in total. The third-order valence-corrected chi connectivity index (χ3v) is 6.60. The highest BCUT2D eigenvalue weighted by molar-refractivity contribution is 5.95. The van der Waals surface area contributed by atoms with Gasteiger partial charge in [-0.1, -0.05) is 6.07 Å². The molecule has 4 aliphatic rings. The Morgan fingerprint density at radius 1 is 1.10 bits per heavy atom. The van der Waals surface area contributed by atoms with Crippen LogP contribution >= 0.6 is 0 Å². The molecule has 0 atom stereocenters. The van der Waals surface area contributed by atoms with Gasteiger partial charge in [0.15, 0.2) is 18.2 Å². The molecule has 0 heterocycles. The van der Waals surface area contributed by atoms with E-state index in [2.05, 4.69) is 10.6 Å². The molecular weight excluding hydrogens is 391 g/mol. The predicted molar refractivity (Wildman–Crippen MR) is 105 cm³/mol. The minimum absolute atomic E-state index is 0.0801. The lowest BCUT2D eigenvalue weighted by atomic mass is 9.53. The van der Waals surface area contributed by atoms with Crippen molar-refractivity contribution >= 4 is 17.9 Å². The van der Waals surface area contributed by atoms with Gasteiger partial charge in [0.1, 0.15) is 0 Å². The van der Waals surface area contributed by atoms with Crippen LogP contribution in [0.1, 0.15) is 44.1 Å². The van der Waals surface area contributed by atoms with Crippen molar-refractivity contribution in [2.45, 2.75) is 50.5 Å². The van der Waals surface area contributed by atoms with Crippen LogP contribution in [0.2, 0.25) is 0 Å². The average molecular weight is 418 g/mol. The van der Waals surface area contributed by atoms with Gasteiger partial charge in [-0.15, -0.1) is 0 Å². The van der Waals surface area contributed by atoms with E-state index in [0.717, 1.165) is 19.3 Å². The highest BCUT2D eigenvalue weighted by Crippen LogP contribution is 2.55. The maximum absolute atomic E-state index is 13.7. The Hall–Kier alpha value is -2.64. The van der Waals surface area contributed by atoms with Crippen molar-refractivity contribution in [2.75, 3.05) is 13.7 Å². The number of methoxy groups -OCH3 is 1. The number of nitrogens with one attached hydrogen (secondary N) is 2. The monoisotopic (exact) mass is 418 g/mol. The van der Waals surface area contributed by atoms with Gasteiger partial charge in [-0.2, -0.15) is 0 Å². The lowest BCUT2D eigenvalue weighted by Crippen LogP contribution is -2.62. The number of amides is 3. The molecule has 0 aromatic heterocycles. The summed E-state index contributed by atoms with van der Waals surface area (Å²) in [5, 5.41) is 5.29. The Bertz CT molecular complexity index is 821. The van der Waals surface area contributed by atoms with Crippen molar-refractivity contribution < 1.29 is 28.2 Å². The smallest absolute Gasteiger partial charge is 0.321 e. The van der Waals surface area contributed by atoms with Crippen LogP contribution in [0.5, 0.6) is 5.75 Å². The second-order valence-corrected chi connectivity index (χ2v) is 9.01. The molecule has 4 aliphatic carbocycles. The summed E-state index contributed by atoms with van der Waals surface area (Å²) in [6, 6.07) is 3.61. The fraction of sp³-hybridized carbons (Fsp3) is 0.591. The van der Waals surface area contributed by atoms with Crippen LogP contribution in [0.3, 0.4) is 0 Å². The van der Waals surface area contributed by atoms with E-state index in [4.69, 9.17) is 9.47 Å². The second-order valence-electron chi connectivity index (χ2n) is 9.01. The summed E-state index contributed by atoms with van der Waals surface area (Å²) in [4.78, 5) is 36.3. The Morgan fingerprint density at radius 2 is 1.73 bits per heavy atom. The lowest BCUT2D eigenvalue weighted by molar-refractivity contribution is -0.147. The van der Waals surface area contributed by atoms with Crippen molar-refractivity contribution in [3.8, 4) is 5.75 Å². The van der Waals surface area contributed by atoms with Crippen molar-refractivity contribution in [3.63, 3.8) is 0 Å². The fourth-order valence-electron chi connectivity index (χ4n) is 5.88. The third-order valence-electron chi connectivity index (χ3n) is 6.60. The topological polar surface area (TPSA) is 93.7 Å². The number of hydrogen-bond donors (Lipinski definition) is 2. The Morgan fingerprint density at radius 3 is 2.30 bits per heavy atom.